The molecule has 7 heteroatoms. The summed E-state index contributed by atoms with van der Waals surface area (Å²) in [6.07, 6.45) is 5.12. The molecule has 1 aliphatic rings. The first-order valence-corrected chi connectivity index (χ1v) is 12.3. The average Bonchev–Trinajstić information content (AvgIpc) is 3.25. The van der Waals surface area contributed by atoms with Gasteiger partial charge in [0.2, 0.25) is 0 Å². The zero-order valence-corrected chi connectivity index (χ0v) is 21.3. The van der Waals surface area contributed by atoms with Gasteiger partial charge in [-0.1, -0.05) is 23.8 Å². The number of aromatic nitrogens is 2. The quantitative estimate of drug-likeness (QED) is 0.468. The summed E-state index contributed by atoms with van der Waals surface area (Å²) in [6.45, 7) is 10.1. The molecule has 0 aliphatic carbocycles. The summed E-state index contributed by atoms with van der Waals surface area (Å²) in [5.41, 5.74) is 2.68. The minimum Gasteiger partial charge on any atom is -0.493 e. The summed E-state index contributed by atoms with van der Waals surface area (Å²) in [5.74, 6) is 3.30. The van der Waals surface area contributed by atoms with Crippen molar-refractivity contribution in [2.45, 2.75) is 52.3 Å². The molecule has 2 aromatic carbocycles. The van der Waals surface area contributed by atoms with Crippen molar-refractivity contribution in [1.82, 2.24) is 14.5 Å². The van der Waals surface area contributed by atoms with Gasteiger partial charge in [0, 0.05) is 32.0 Å². The number of aliphatic hydroxyl groups is 1. The van der Waals surface area contributed by atoms with Gasteiger partial charge in [0.05, 0.1) is 13.7 Å². The summed E-state index contributed by atoms with van der Waals surface area (Å²) in [5, 5.41) is 11.1. The second-order valence-corrected chi connectivity index (χ2v) is 9.56. The Kier molecular flexibility index (Phi) is 7.98. The molecule has 35 heavy (non-hydrogen) atoms. The first-order valence-electron chi connectivity index (χ1n) is 12.3. The second kappa shape index (κ2) is 11.1. The monoisotopic (exact) mass is 479 g/mol. The number of hydrogen-bond donors (Lipinski definition) is 1. The van der Waals surface area contributed by atoms with E-state index < -0.39 is 5.60 Å². The van der Waals surface area contributed by atoms with Crippen molar-refractivity contribution >= 4 is 0 Å². The molecule has 4 rings (SSSR count). The minimum absolute atomic E-state index is 0.323. The van der Waals surface area contributed by atoms with E-state index in [1.54, 1.807) is 13.3 Å². The second-order valence-electron chi connectivity index (χ2n) is 9.56. The van der Waals surface area contributed by atoms with Gasteiger partial charge in [-0.25, -0.2) is 4.98 Å². The number of methoxy groups -OCH3 is 1. The molecule has 0 radical (unpaired) electrons. The number of aryl methyl sites for hydroxylation is 3. The molecule has 0 saturated carbocycles. The molecule has 1 aromatic heterocycles. The summed E-state index contributed by atoms with van der Waals surface area (Å²) >= 11 is 0. The molecule has 7 nitrogen and oxygen atoms in total. The topological polar surface area (TPSA) is 69.0 Å². The molecule has 2 heterocycles. The van der Waals surface area contributed by atoms with Crippen LogP contribution in [-0.4, -0.2) is 58.6 Å². The van der Waals surface area contributed by atoms with Crippen LogP contribution in [0.1, 0.15) is 35.4 Å². The number of benzene rings is 2. The van der Waals surface area contributed by atoms with Crippen molar-refractivity contribution in [2.24, 2.45) is 0 Å². The summed E-state index contributed by atoms with van der Waals surface area (Å²) in [7, 11) is 1.67. The highest BCUT2D eigenvalue weighted by atomic mass is 16.5. The van der Waals surface area contributed by atoms with E-state index in [0.29, 0.717) is 26.1 Å². The average molecular weight is 480 g/mol. The minimum atomic E-state index is -0.795. The first kappa shape index (κ1) is 25.1. The standard InChI is InChI=1S/C28H37N3O4/c1-21-5-7-25(22(2)17-21)35-20-28(32)9-12-30(13-10-28)19-24-6-8-26(27(18-24)33-4)34-16-15-31-14-11-29-23(31)3/h5-8,11,14,17-18,32H,9-10,12-13,15-16,19-20H2,1-4H3. The molecular formula is C28H37N3O4. The van der Waals surface area contributed by atoms with Gasteiger partial charge >= 0.3 is 0 Å². The molecule has 0 spiro atoms. The zero-order valence-electron chi connectivity index (χ0n) is 21.3. The van der Waals surface area contributed by atoms with Crippen LogP contribution in [0.15, 0.2) is 48.8 Å². The van der Waals surface area contributed by atoms with Crippen LogP contribution in [0.5, 0.6) is 17.2 Å². The molecular weight excluding hydrogens is 442 g/mol. The van der Waals surface area contributed by atoms with Gasteiger partial charge in [-0.3, -0.25) is 4.90 Å². The number of likely N-dealkylation sites (tertiary alicyclic amines) is 1. The van der Waals surface area contributed by atoms with E-state index in [9.17, 15) is 5.11 Å². The summed E-state index contributed by atoms with van der Waals surface area (Å²) < 4.78 is 19.6. The molecule has 1 aliphatic heterocycles. The van der Waals surface area contributed by atoms with Crippen molar-refractivity contribution in [1.29, 1.82) is 0 Å². The van der Waals surface area contributed by atoms with Crippen LogP contribution in [-0.2, 0) is 13.1 Å². The molecule has 3 aromatic rings. The third kappa shape index (κ3) is 6.55. The van der Waals surface area contributed by atoms with Crippen LogP contribution in [0.4, 0.5) is 0 Å². The molecule has 0 bridgehead atoms. The van der Waals surface area contributed by atoms with Crippen LogP contribution in [0.2, 0.25) is 0 Å². The van der Waals surface area contributed by atoms with Crippen molar-refractivity contribution in [3.05, 3.63) is 71.3 Å². The highest BCUT2D eigenvalue weighted by molar-refractivity contribution is 5.43. The summed E-state index contributed by atoms with van der Waals surface area (Å²) in [4.78, 5) is 6.60. The molecule has 1 fully saturated rings. The van der Waals surface area contributed by atoms with E-state index >= 15 is 0 Å². The Labute approximate surface area is 208 Å². The predicted molar refractivity (Wildman–Crippen MR) is 136 cm³/mol. The van der Waals surface area contributed by atoms with Crippen molar-refractivity contribution in [3.63, 3.8) is 0 Å². The van der Waals surface area contributed by atoms with Crippen LogP contribution >= 0.6 is 0 Å². The smallest absolute Gasteiger partial charge is 0.161 e. The molecule has 0 amide bonds. The lowest BCUT2D eigenvalue weighted by molar-refractivity contribution is -0.0538. The van der Waals surface area contributed by atoms with Gasteiger partial charge < -0.3 is 23.9 Å². The number of hydrogen-bond acceptors (Lipinski definition) is 6. The molecule has 1 saturated heterocycles. The van der Waals surface area contributed by atoms with Gasteiger partial charge in [-0.2, -0.15) is 0 Å². The van der Waals surface area contributed by atoms with E-state index in [0.717, 1.165) is 60.4 Å². The highest BCUT2D eigenvalue weighted by Gasteiger charge is 2.33. The number of rotatable bonds is 10. The van der Waals surface area contributed by atoms with Gasteiger partial charge in [0.25, 0.3) is 0 Å². The van der Waals surface area contributed by atoms with Crippen LogP contribution in [0, 0.1) is 20.8 Å². The molecule has 188 valence electrons. The van der Waals surface area contributed by atoms with E-state index in [4.69, 9.17) is 14.2 Å². The van der Waals surface area contributed by atoms with E-state index in [1.165, 1.54) is 5.56 Å². The lowest BCUT2D eigenvalue weighted by Crippen LogP contribution is -2.47. The van der Waals surface area contributed by atoms with Crippen molar-refractivity contribution in [2.75, 3.05) is 33.4 Å². The maximum absolute atomic E-state index is 11.1. The fourth-order valence-electron chi connectivity index (χ4n) is 4.53. The zero-order chi connectivity index (χ0) is 24.8. The van der Waals surface area contributed by atoms with Crippen LogP contribution in [0.3, 0.4) is 0 Å². The van der Waals surface area contributed by atoms with E-state index in [1.807, 2.05) is 44.3 Å². The largest absolute Gasteiger partial charge is 0.493 e. The fraction of sp³-hybridized carbons (Fsp3) is 0.464. The SMILES string of the molecule is COc1cc(CN2CCC(O)(COc3ccc(C)cc3C)CC2)ccc1OCCn1ccnc1C. The number of imidazole rings is 1. The Bertz CT molecular complexity index is 1120. The maximum atomic E-state index is 11.1. The van der Waals surface area contributed by atoms with Gasteiger partial charge in [-0.05, 0) is 62.9 Å². The maximum Gasteiger partial charge on any atom is 0.161 e. The molecule has 0 unspecified atom stereocenters. The third-order valence-electron chi connectivity index (χ3n) is 6.76. The third-order valence-corrected chi connectivity index (χ3v) is 6.76. The van der Waals surface area contributed by atoms with E-state index in [-0.39, 0.29) is 0 Å². The van der Waals surface area contributed by atoms with Gasteiger partial charge in [0.1, 0.15) is 30.4 Å². The van der Waals surface area contributed by atoms with Gasteiger partial charge in [-0.15, -0.1) is 0 Å². The van der Waals surface area contributed by atoms with Gasteiger partial charge in [0.15, 0.2) is 11.5 Å². The van der Waals surface area contributed by atoms with Crippen LogP contribution in [0.25, 0.3) is 0 Å². The van der Waals surface area contributed by atoms with Crippen molar-refractivity contribution < 1.29 is 19.3 Å². The number of ether oxygens (including phenoxy) is 3. The number of nitrogens with zero attached hydrogens (tertiary/aromatic N) is 3. The fourth-order valence-corrected chi connectivity index (χ4v) is 4.53. The predicted octanol–water partition coefficient (Wildman–Crippen LogP) is 4.30. The Balaban J connectivity index is 1.26. The lowest BCUT2D eigenvalue weighted by atomic mass is 9.92. The molecule has 0 atom stereocenters. The highest BCUT2D eigenvalue weighted by Crippen LogP contribution is 2.30. The lowest BCUT2D eigenvalue weighted by Gasteiger charge is -2.38. The van der Waals surface area contributed by atoms with Crippen LogP contribution < -0.4 is 14.2 Å². The Hall–Kier alpha value is -3.03. The van der Waals surface area contributed by atoms with E-state index in [2.05, 4.69) is 33.5 Å². The first-order chi connectivity index (χ1) is 16.8. The number of piperidine rings is 1. The Morgan fingerprint density at radius 3 is 2.43 bits per heavy atom. The Morgan fingerprint density at radius 2 is 1.74 bits per heavy atom. The normalized spacial score (nSPS) is 15.7. The summed E-state index contributed by atoms with van der Waals surface area (Å²) in [6, 6.07) is 12.2. The van der Waals surface area contributed by atoms with Crippen molar-refractivity contribution in [3.8, 4) is 17.2 Å². The Morgan fingerprint density at radius 1 is 0.971 bits per heavy atom. The molecule has 1 N–H and O–H groups in total.